The lowest BCUT2D eigenvalue weighted by molar-refractivity contribution is -0.120. The molecule has 0 aliphatic heterocycles. The zero-order valence-electron chi connectivity index (χ0n) is 21.9. The molecule has 7 nitrogen and oxygen atoms in total. The fraction of sp³-hybridized carbons (Fsp3) is 0.448. The molecule has 1 heterocycles. The number of amides is 1. The molecule has 2 unspecified atom stereocenters. The monoisotopic (exact) mass is 495 g/mol. The zero-order chi connectivity index (χ0) is 26.5. The highest BCUT2D eigenvalue weighted by Crippen LogP contribution is 2.18. The maximum absolute atomic E-state index is 12.4. The van der Waals surface area contributed by atoms with Gasteiger partial charge in [0.25, 0.3) is 0 Å². The fourth-order valence-electron chi connectivity index (χ4n) is 3.66. The number of aromatic hydroxyl groups is 1. The normalized spacial score (nSPS) is 13.7. The second-order valence-corrected chi connectivity index (χ2v) is 9.24. The summed E-state index contributed by atoms with van der Waals surface area (Å²) in [4.78, 5) is 16.5. The highest BCUT2D eigenvalue weighted by atomic mass is 16.3. The van der Waals surface area contributed by atoms with Crippen molar-refractivity contribution in [1.29, 1.82) is 0 Å². The van der Waals surface area contributed by atoms with Crippen LogP contribution in [0.2, 0.25) is 0 Å². The lowest BCUT2D eigenvalue weighted by Gasteiger charge is -2.17. The van der Waals surface area contributed by atoms with Crippen molar-refractivity contribution in [2.75, 3.05) is 6.54 Å². The summed E-state index contributed by atoms with van der Waals surface area (Å²) in [5, 5.41) is 35.4. The number of pyridine rings is 1. The third-order valence-corrected chi connectivity index (χ3v) is 6.26. The first kappa shape index (κ1) is 29.2. The molecule has 196 valence electrons. The van der Waals surface area contributed by atoms with E-state index in [0.717, 1.165) is 30.4 Å². The minimum absolute atomic E-state index is 0.0281. The van der Waals surface area contributed by atoms with E-state index in [1.807, 2.05) is 12.2 Å². The summed E-state index contributed by atoms with van der Waals surface area (Å²) in [6.07, 6.45) is 8.26. The maximum atomic E-state index is 12.4. The van der Waals surface area contributed by atoms with Crippen molar-refractivity contribution in [3.8, 4) is 5.75 Å². The number of hydrogen-bond donors (Lipinski definition) is 5. The molecule has 0 radical (unpaired) electrons. The van der Waals surface area contributed by atoms with Crippen LogP contribution in [0.25, 0.3) is 0 Å². The number of benzene rings is 1. The number of aryl methyl sites for hydroxylation is 2. The predicted molar refractivity (Wildman–Crippen MR) is 143 cm³/mol. The van der Waals surface area contributed by atoms with Gasteiger partial charge in [0.05, 0.1) is 12.3 Å². The van der Waals surface area contributed by atoms with Crippen molar-refractivity contribution in [2.45, 2.75) is 78.7 Å². The van der Waals surface area contributed by atoms with E-state index in [1.54, 1.807) is 6.07 Å². The molecule has 36 heavy (non-hydrogen) atoms. The number of rotatable bonds is 14. The van der Waals surface area contributed by atoms with Crippen molar-refractivity contribution >= 4 is 5.91 Å². The number of nitrogens with one attached hydrogen (secondary N) is 2. The van der Waals surface area contributed by atoms with Crippen molar-refractivity contribution < 1.29 is 20.1 Å². The van der Waals surface area contributed by atoms with E-state index >= 15 is 0 Å². The van der Waals surface area contributed by atoms with Gasteiger partial charge in [-0.15, -0.1) is 0 Å². The Morgan fingerprint density at radius 3 is 2.64 bits per heavy atom. The third-order valence-electron chi connectivity index (χ3n) is 6.26. The van der Waals surface area contributed by atoms with Crippen LogP contribution in [0.15, 0.2) is 54.1 Å². The molecule has 0 fully saturated rings. The Morgan fingerprint density at radius 1 is 1.17 bits per heavy atom. The lowest BCUT2D eigenvalue weighted by Crippen LogP contribution is -2.30. The van der Waals surface area contributed by atoms with E-state index in [0.29, 0.717) is 25.2 Å². The third kappa shape index (κ3) is 9.93. The number of carbonyl (C=O) groups is 1. The van der Waals surface area contributed by atoms with E-state index in [1.165, 1.54) is 17.2 Å². The van der Waals surface area contributed by atoms with Gasteiger partial charge < -0.3 is 26.0 Å². The molecule has 2 atom stereocenters. The van der Waals surface area contributed by atoms with Crippen molar-refractivity contribution in [2.24, 2.45) is 0 Å². The van der Waals surface area contributed by atoms with Crippen LogP contribution in [-0.4, -0.2) is 38.8 Å². The maximum Gasteiger partial charge on any atom is 0.224 e. The molecule has 0 aliphatic rings. The van der Waals surface area contributed by atoms with Crippen LogP contribution in [0.5, 0.6) is 5.75 Å². The molecule has 0 aliphatic carbocycles. The smallest absolute Gasteiger partial charge is 0.224 e. The summed E-state index contributed by atoms with van der Waals surface area (Å²) >= 11 is 0. The Hall–Kier alpha value is -3.00. The Balaban J connectivity index is 1.71. The average molecular weight is 496 g/mol. The van der Waals surface area contributed by atoms with E-state index in [-0.39, 0.29) is 30.0 Å². The summed E-state index contributed by atoms with van der Waals surface area (Å²) in [5.74, 6) is -0.0554. The van der Waals surface area contributed by atoms with Gasteiger partial charge in [-0.2, -0.15) is 0 Å². The van der Waals surface area contributed by atoms with Gasteiger partial charge in [-0.25, -0.2) is 4.98 Å². The Morgan fingerprint density at radius 2 is 1.94 bits per heavy atom. The van der Waals surface area contributed by atoms with Gasteiger partial charge in [-0.1, -0.05) is 48.9 Å². The lowest BCUT2D eigenvalue weighted by atomic mass is 10.1. The second-order valence-electron chi connectivity index (χ2n) is 9.24. The van der Waals surface area contributed by atoms with Crippen LogP contribution in [0.4, 0.5) is 0 Å². The average Bonchev–Trinajstić information content (AvgIpc) is 2.87. The van der Waals surface area contributed by atoms with Crippen molar-refractivity contribution in [3.63, 3.8) is 0 Å². The summed E-state index contributed by atoms with van der Waals surface area (Å²) < 4.78 is 0. The largest absolute Gasteiger partial charge is 0.506 e. The van der Waals surface area contributed by atoms with E-state index < -0.39 is 6.10 Å². The topological polar surface area (TPSA) is 115 Å². The van der Waals surface area contributed by atoms with Gasteiger partial charge in [0, 0.05) is 25.6 Å². The summed E-state index contributed by atoms with van der Waals surface area (Å²) in [5.41, 5.74) is 5.24. The first-order valence-electron chi connectivity index (χ1n) is 12.6. The van der Waals surface area contributed by atoms with Gasteiger partial charge in [-0.3, -0.25) is 4.79 Å². The molecule has 0 saturated heterocycles. The van der Waals surface area contributed by atoms with Crippen LogP contribution in [-0.2, 0) is 17.9 Å². The molecule has 0 spiro atoms. The molecule has 2 rings (SSSR count). The fourth-order valence-corrected chi connectivity index (χ4v) is 3.66. The van der Waals surface area contributed by atoms with Gasteiger partial charge in [0.2, 0.25) is 5.91 Å². The number of aromatic nitrogens is 1. The number of aliphatic hydroxyl groups excluding tert-OH is 2. The molecular weight excluding hydrogens is 454 g/mol. The van der Waals surface area contributed by atoms with Crippen molar-refractivity contribution in [3.05, 3.63) is 82.2 Å². The standard InChI is InChI=1S/C29H41N3O4/c1-5-23(16-29(36)31-17-24-12-11-20(2)21(3)15-24)10-8-6-7-9-22(4)30-18-28(35)25-13-14-27(34)26(19-33)32-25/h6,8,10-15,22,28,30,33-35H,5,7,9,16-19H2,1-4H3,(H,31,36)/b8-6-,23-10+. The first-order chi connectivity index (χ1) is 17.2. The number of allylic oxidation sites excluding steroid dienone is 3. The number of carbonyl (C=O) groups excluding carboxylic acids is 1. The van der Waals surface area contributed by atoms with Crippen LogP contribution in [0.3, 0.4) is 0 Å². The van der Waals surface area contributed by atoms with E-state index in [9.17, 15) is 20.1 Å². The predicted octanol–water partition coefficient (Wildman–Crippen LogP) is 4.29. The SMILES string of the molecule is CC/C(=C\C=C/CCC(C)NCC(O)c1ccc(O)c(CO)n1)CC(=O)NCc1ccc(C)c(C)c1. The molecule has 0 saturated carbocycles. The Labute approximate surface area is 215 Å². The molecule has 1 amide bonds. The minimum Gasteiger partial charge on any atom is -0.506 e. The molecule has 5 N–H and O–H groups in total. The van der Waals surface area contributed by atoms with Crippen LogP contribution in [0.1, 0.15) is 73.7 Å². The molecule has 0 bridgehead atoms. The van der Waals surface area contributed by atoms with E-state index in [4.69, 9.17) is 0 Å². The summed E-state index contributed by atoms with van der Waals surface area (Å²) in [6.45, 7) is 8.75. The van der Waals surface area contributed by atoms with Crippen LogP contribution in [0, 0.1) is 13.8 Å². The molecule has 1 aromatic heterocycles. The summed E-state index contributed by atoms with van der Waals surface area (Å²) in [6, 6.07) is 9.41. The van der Waals surface area contributed by atoms with Gasteiger partial charge in [0.1, 0.15) is 17.5 Å². The molecular formula is C29H41N3O4. The zero-order valence-corrected chi connectivity index (χ0v) is 21.9. The molecule has 1 aromatic carbocycles. The number of aliphatic hydroxyl groups is 2. The Kier molecular flexibility index (Phi) is 12.3. The highest BCUT2D eigenvalue weighted by molar-refractivity contribution is 5.78. The highest BCUT2D eigenvalue weighted by Gasteiger charge is 2.13. The quantitative estimate of drug-likeness (QED) is 0.250. The molecule has 2 aromatic rings. The van der Waals surface area contributed by atoms with Crippen molar-refractivity contribution in [1.82, 2.24) is 15.6 Å². The Bertz CT molecular complexity index is 1050. The number of hydrogen-bond acceptors (Lipinski definition) is 6. The van der Waals surface area contributed by atoms with Gasteiger partial charge in [0.15, 0.2) is 0 Å². The van der Waals surface area contributed by atoms with E-state index in [2.05, 4.69) is 67.6 Å². The number of nitrogens with zero attached hydrogens (tertiary/aromatic N) is 1. The molecule has 7 heteroatoms. The first-order valence-corrected chi connectivity index (χ1v) is 12.6. The van der Waals surface area contributed by atoms with Crippen LogP contribution >= 0.6 is 0 Å². The van der Waals surface area contributed by atoms with Gasteiger partial charge in [-0.05, 0) is 68.9 Å². The minimum atomic E-state index is -0.829. The van der Waals surface area contributed by atoms with Gasteiger partial charge >= 0.3 is 0 Å². The van der Waals surface area contributed by atoms with Crippen LogP contribution < -0.4 is 10.6 Å². The second kappa shape index (κ2) is 15.2. The summed E-state index contributed by atoms with van der Waals surface area (Å²) in [7, 11) is 0.